The minimum absolute atomic E-state index is 0.0244. The fraction of sp³-hybridized carbons (Fsp3) is 0.200. The molecule has 4 aromatic carbocycles. The van der Waals surface area contributed by atoms with Crippen LogP contribution in [-0.4, -0.2) is 76.1 Å². The number of nitrogens with one attached hydrogen (secondary N) is 2. The topological polar surface area (TPSA) is 186 Å². The number of ether oxygens (including phenoxy) is 4. The van der Waals surface area contributed by atoms with Gasteiger partial charge in [-0.3, -0.25) is 4.31 Å². The van der Waals surface area contributed by atoms with Crippen molar-refractivity contribution in [1.82, 2.24) is 41.2 Å². The number of sulfonamides is 1. The second kappa shape index (κ2) is 12.5. The van der Waals surface area contributed by atoms with Gasteiger partial charge in [0.15, 0.2) is 34.6 Å². The highest BCUT2D eigenvalue weighted by atomic mass is 32.2. The quantitative estimate of drug-likeness (QED) is 0.199. The van der Waals surface area contributed by atoms with Crippen LogP contribution in [0.15, 0.2) is 82.6 Å². The van der Waals surface area contributed by atoms with Gasteiger partial charge < -0.3 is 23.3 Å². The van der Waals surface area contributed by atoms with Crippen LogP contribution in [0.2, 0.25) is 0 Å². The molecular weight excluding hydrogens is 661 g/mol. The second-order valence-corrected chi connectivity index (χ2v) is 13.5. The number of aromatic nitrogens is 8. The Bertz CT molecular complexity index is 2180. The molecule has 0 fully saturated rings. The molecule has 244 valence electrons. The first-order valence-electron chi connectivity index (χ1n) is 14.8. The van der Waals surface area contributed by atoms with Gasteiger partial charge in [0.1, 0.15) is 26.4 Å². The van der Waals surface area contributed by atoms with Gasteiger partial charge in [-0.1, -0.05) is 34.7 Å². The number of anilines is 2. The molecule has 2 aliphatic rings. The standard InChI is InChI=1S/C30H26N10O6S2/c41-48(42,20-6-10-26-28(16-20)46-14-12-44-26)40(18-30-33-37-38-34-30)24-8-7-23(21-3-1-2-4-22(21)24)39(17-29-31-35-36-32-29)47-19-5-9-25-27(15-19)45-13-11-43-25/h1-10,15-16H,11-14,17-18H2,(H,31,32,35,36)(H,33,34,37,38). The zero-order chi connectivity index (χ0) is 32.5. The van der Waals surface area contributed by atoms with E-state index in [4.69, 9.17) is 18.9 Å². The highest BCUT2D eigenvalue weighted by Gasteiger charge is 2.30. The lowest BCUT2D eigenvalue weighted by atomic mass is 10.1. The molecule has 0 amide bonds. The van der Waals surface area contributed by atoms with E-state index in [1.807, 2.05) is 52.8 Å². The van der Waals surface area contributed by atoms with E-state index < -0.39 is 10.0 Å². The van der Waals surface area contributed by atoms with Crippen molar-refractivity contribution in [2.45, 2.75) is 22.9 Å². The summed E-state index contributed by atoms with van der Waals surface area (Å²) < 4.78 is 55.0. The lowest BCUT2D eigenvalue weighted by Gasteiger charge is -2.28. The molecule has 2 N–H and O–H groups in total. The van der Waals surface area contributed by atoms with Crippen LogP contribution in [0.1, 0.15) is 11.6 Å². The van der Waals surface area contributed by atoms with Gasteiger partial charge in [0.25, 0.3) is 10.0 Å². The summed E-state index contributed by atoms with van der Waals surface area (Å²) in [6.45, 7) is 1.76. The normalized spacial score (nSPS) is 13.8. The Hall–Kier alpha value is -5.62. The molecule has 8 rings (SSSR count). The molecule has 2 aliphatic heterocycles. The van der Waals surface area contributed by atoms with Gasteiger partial charge in [-0.2, -0.15) is 10.4 Å². The van der Waals surface area contributed by atoms with E-state index >= 15 is 0 Å². The summed E-state index contributed by atoms with van der Waals surface area (Å²) >= 11 is 1.45. The Morgan fingerprint density at radius 3 is 1.92 bits per heavy atom. The summed E-state index contributed by atoms with van der Waals surface area (Å²) in [5, 5.41) is 30.2. The average molecular weight is 687 g/mol. The molecule has 2 aromatic heterocycles. The van der Waals surface area contributed by atoms with Crippen molar-refractivity contribution >= 4 is 44.1 Å². The summed E-state index contributed by atoms with van der Waals surface area (Å²) in [4.78, 5) is 0.909. The van der Waals surface area contributed by atoms with Crippen molar-refractivity contribution in [2.24, 2.45) is 0 Å². The minimum Gasteiger partial charge on any atom is -0.486 e. The van der Waals surface area contributed by atoms with Crippen LogP contribution < -0.4 is 27.6 Å². The largest absolute Gasteiger partial charge is 0.486 e. The molecule has 0 bridgehead atoms. The lowest BCUT2D eigenvalue weighted by molar-refractivity contribution is 0.171. The molecule has 0 saturated heterocycles. The SMILES string of the molecule is O=S(=O)(c1ccc2c(c1)OCCO2)N(Cc1nn[nH]n1)c1ccc(N(Cc2nn[nH]n2)Sc2ccc3c(c2)OCCO3)c2ccccc12. The third-order valence-electron chi connectivity index (χ3n) is 7.59. The molecule has 0 aliphatic carbocycles. The second-order valence-electron chi connectivity index (χ2n) is 10.6. The molecule has 4 heterocycles. The third-order valence-corrected chi connectivity index (χ3v) is 10.4. The van der Waals surface area contributed by atoms with Crippen LogP contribution in [-0.2, 0) is 23.1 Å². The molecule has 0 unspecified atom stereocenters. The Morgan fingerprint density at radius 1 is 0.667 bits per heavy atom. The molecular formula is C30H26N10O6S2. The number of hydrogen-bond donors (Lipinski definition) is 2. The molecule has 6 aromatic rings. The van der Waals surface area contributed by atoms with Crippen molar-refractivity contribution in [3.63, 3.8) is 0 Å². The maximum absolute atomic E-state index is 14.5. The van der Waals surface area contributed by atoms with Gasteiger partial charge in [0.2, 0.25) is 0 Å². The number of fused-ring (bicyclic) bond motifs is 3. The van der Waals surface area contributed by atoms with E-state index in [0.29, 0.717) is 66.3 Å². The van der Waals surface area contributed by atoms with Gasteiger partial charge in [0.05, 0.1) is 29.4 Å². The number of aromatic amines is 2. The Labute approximate surface area is 277 Å². The van der Waals surface area contributed by atoms with Crippen LogP contribution in [0.25, 0.3) is 10.8 Å². The number of nitrogens with zero attached hydrogens (tertiary/aromatic N) is 8. The van der Waals surface area contributed by atoms with Crippen LogP contribution in [0.3, 0.4) is 0 Å². The van der Waals surface area contributed by atoms with Crippen LogP contribution in [0.5, 0.6) is 23.0 Å². The highest BCUT2D eigenvalue weighted by Crippen LogP contribution is 2.43. The predicted octanol–water partition coefficient (Wildman–Crippen LogP) is 3.52. The van der Waals surface area contributed by atoms with E-state index in [1.54, 1.807) is 12.1 Å². The van der Waals surface area contributed by atoms with E-state index in [-0.39, 0.29) is 23.8 Å². The summed E-state index contributed by atoms with van der Waals surface area (Å²) in [7, 11) is -4.19. The van der Waals surface area contributed by atoms with E-state index in [0.717, 1.165) is 16.0 Å². The van der Waals surface area contributed by atoms with Crippen molar-refractivity contribution in [3.8, 4) is 23.0 Å². The Morgan fingerprint density at radius 2 is 1.25 bits per heavy atom. The zero-order valence-corrected chi connectivity index (χ0v) is 26.6. The van der Waals surface area contributed by atoms with Gasteiger partial charge in [-0.05, 0) is 54.4 Å². The number of H-pyrrole nitrogens is 2. The van der Waals surface area contributed by atoms with Crippen LogP contribution >= 0.6 is 11.9 Å². The Balaban J connectivity index is 1.23. The zero-order valence-electron chi connectivity index (χ0n) is 25.0. The maximum Gasteiger partial charge on any atom is 0.264 e. The molecule has 0 atom stereocenters. The van der Waals surface area contributed by atoms with Crippen molar-refractivity contribution in [2.75, 3.05) is 35.0 Å². The molecule has 48 heavy (non-hydrogen) atoms. The summed E-state index contributed by atoms with van der Waals surface area (Å²) in [5.74, 6) is 2.84. The summed E-state index contributed by atoms with van der Waals surface area (Å²) in [6.07, 6.45) is 0. The fourth-order valence-corrected chi connectivity index (χ4v) is 7.88. The molecule has 0 radical (unpaired) electrons. The minimum atomic E-state index is -4.19. The van der Waals surface area contributed by atoms with Crippen LogP contribution in [0, 0.1) is 0 Å². The van der Waals surface area contributed by atoms with Crippen molar-refractivity contribution in [3.05, 3.63) is 84.4 Å². The third kappa shape index (κ3) is 5.75. The first-order chi connectivity index (χ1) is 23.5. The molecule has 18 heteroatoms. The summed E-state index contributed by atoms with van der Waals surface area (Å²) in [5.41, 5.74) is 1.20. The predicted molar refractivity (Wildman–Crippen MR) is 173 cm³/mol. The average Bonchev–Trinajstić information content (AvgIpc) is 3.85. The summed E-state index contributed by atoms with van der Waals surface area (Å²) in [6, 6.07) is 21.5. The number of benzene rings is 4. The van der Waals surface area contributed by atoms with Gasteiger partial charge in [-0.15, -0.1) is 20.4 Å². The van der Waals surface area contributed by atoms with Gasteiger partial charge in [0, 0.05) is 21.7 Å². The Kier molecular flexibility index (Phi) is 7.77. The monoisotopic (exact) mass is 686 g/mol. The van der Waals surface area contributed by atoms with Crippen molar-refractivity contribution in [1.29, 1.82) is 0 Å². The van der Waals surface area contributed by atoms with E-state index in [2.05, 4.69) is 41.2 Å². The van der Waals surface area contributed by atoms with Crippen LogP contribution in [0.4, 0.5) is 11.4 Å². The maximum atomic E-state index is 14.5. The number of tetrazole rings is 2. The lowest BCUT2D eigenvalue weighted by Crippen LogP contribution is -2.31. The van der Waals surface area contributed by atoms with E-state index in [1.165, 1.54) is 28.4 Å². The van der Waals surface area contributed by atoms with Crippen molar-refractivity contribution < 1.29 is 27.4 Å². The van der Waals surface area contributed by atoms with Gasteiger partial charge >= 0.3 is 0 Å². The number of rotatable bonds is 10. The highest BCUT2D eigenvalue weighted by molar-refractivity contribution is 8.00. The number of hydrogen-bond acceptors (Lipinski definition) is 14. The molecule has 0 spiro atoms. The van der Waals surface area contributed by atoms with E-state index in [9.17, 15) is 8.42 Å². The first-order valence-corrected chi connectivity index (χ1v) is 17.0. The fourth-order valence-electron chi connectivity index (χ4n) is 5.44. The van der Waals surface area contributed by atoms with Gasteiger partial charge in [-0.25, -0.2) is 8.42 Å². The first kappa shape index (κ1) is 29.8. The molecule has 16 nitrogen and oxygen atoms in total. The molecule has 0 saturated carbocycles. The smallest absolute Gasteiger partial charge is 0.264 e.